The quantitative estimate of drug-likeness (QED) is 0.884. The SMILES string of the molecule is CC[C@@H](c1ccccn1)N(C)Cc1ncccc1C(=O)O. The van der Waals surface area contributed by atoms with E-state index in [1.54, 1.807) is 24.5 Å². The minimum atomic E-state index is -0.947. The number of hydrogen-bond donors (Lipinski definition) is 1. The van der Waals surface area contributed by atoms with Gasteiger partial charge in [-0.25, -0.2) is 4.79 Å². The molecular weight excluding hydrogens is 266 g/mol. The smallest absolute Gasteiger partial charge is 0.337 e. The topological polar surface area (TPSA) is 66.3 Å². The third-order valence-electron chi connectivity index (χ3n) is 3.47. The predicted octanol–water partition coefficient (Wildman–Crippen LogP) is 2.76. The number of nitrogens with zero attached hydrogens (tertiary/aromatic N) is 3. The highest BCUT2D eigenvalue weighted by molar-refractivity contribution is 5.88. The van der Waals surface area contributed by atoms with Crippen molar-refractivity contribution >= 4 is 5.97 Å². The summed E-state index contributed by atoms with van der Waals surface area (Å²) in [4.78, 5) is 21.9. The second-order valence-electron chi connectivity index (χ2n) is 4.90. The van der Waals surface area contributed by atoms with Crippen molar-refractivity contribution in [1.82, 2.24) is 14.9 Å². The van der Waals surface area contributed by atoms with Gasteiger partial charge in [0.2, 0.25) is 0 Å². The molecule has 0 saturated carbocycles. The predicted molar refractivity (Wildman–Crippen MR) is 79.9 cm³/mol. The molecule has 0 aromatic carbocycles. The van der Waals surface area contributed by atoms with Crippen LogP contribution in [0.5, 0.6) is 0 Å². The number of hydrogen-bond acceptors (Lipinski definition) is 4. The summed E-state index contributed by atoms with van der Waals surface area (Å²) in [6.07, 6.45) is 4.29. The summed E-state index contributed by atoms with van der Waals surface area (Å²) in [5, 5.41) is 9.22. The monoisotopic (exact) mass is 285 g/mol. The van der Waals surface area contributed by atoms with Crippen LogP contribution in [0, 0.1) is 0 Å². The molecule has 2 heterocycles. The Morgan fingerprint density at radius 2 is 2.00 bits per heavy atom. The first-order valence-electron chi connectivity index (χ1n) is 6.91. The highest BCUT2D eigenvalue weighted by atomic mass is 16.4. The first-order valence-corrected chi connectivity index (χ1v) is 6.91. The van der Waals surface area contributed by atoms with E-state index in [-0.39, 0.29) is 11.6 Å². The highest BCUT2D eigenvalue weighted by Crippen LogP contribution is 2.22. The van der Waals surface area contributed by atoms with Gasteiger partial charge in [-0.15, -0.1) is 0 Å². The lowest BCUT2D eigenvalue weighted by molar-refractivity contribution is 0.0693. The highest BCUT2D eigenvalue weighted by Gasteiger charge is 2.19. The van der Waals surface area contributed by atoms with Crippen LogP contribution in [0.4, 0.5) is 0 Å². The van der Waals surface area contributed by atoms with E-state index >= 15 is 0 Å². The van der Waals surface area contributed by atoms with Crippen molar-refractivity contribution in [2.24, 2.45) is 0 Å². The first-order chi connectivity index (χ1) is 10.1. The summed E-state index contributed by atoms with van der Waals surface area (Å²) in [5.41, 5.74) is 1.80. The van der Waals surface area contributed by atoms with E-state index in [9.17, 15) is 9.90 Å². The number of aromatic carboxylic acids is 1. The van der Waals surface area contributed by atoms with Crippen LogP contribution in [-0.4, -0.2) is 33.0 Å². The van der Waals surface area contributed by atoms with E-state index < -0.39 is 5.97 Å². The van der Waals surface area contributed by atoms with Crippen LogP contribution < -0.4 is 0 Å². The molecule has 2 aromatic heterocycles. The zero-order chi connectivity index (χ0) is 15.2. The van der Waals surface area contributed by atoms with Crippen molar-refractivity contribution < 1.29 is 9.90 Å². The van der Waals surface area contributed by atoms with Crippen molar-refractivity contribution in [3.63, 3.8) is 0 Å². The van der Waals surface area contributed by atoms with Gasteiger partial charge in [-0.05, 0) is 37.7 Å². The fourth-order valence-electron chi connectivity index (χ4n) is 2.42. The maximum Gasteiger partial charge on any atom is 0.337 e. The molecule has 0 amide bonds. The molecule has 0 bridgehead atoms. The molecule has 21 heavy (non-hydrogen) atoms. The van der Waals surface area contributed by atoms with Crippen molar-refractivity contribution in [2.75, 3.05) is 7.05 Å². The Bertz CT molecular complexity index is 601. The largest absolute Gasteiger partial charge is 0.478 e. The van der Waals surface area contributed by atoms with Crippen molar-refractivity contribution in [3.8, 4) is 0 Å². The van der Waals surface area contributed by atoms with E-state index in [0.29, 0.717) is 12.2 Å². The second kappa shape index (κ2) is 6.95. The van der Waals surface area contributed by atoms with E-state index in [1.165, 1.54) is 0 Å². The van der Waals surface area contributed by atoms with E-state index in [0.717, 1.165) is 12.1 Å². The lowest BCUT2D eigenvalue weighted by atomic mass is 10.1. The molecule has 0 aliphatic heterocycles. The van der Waals surface area contributed by atoms with Gasteiger partial charge in [0.15, 0.2) is 0 Å². The zero-order valence-corrected chi connectivity index (χ0v) is 12.2. The average Bonchev–Trinajstić information content (AvgIpc) is 2.49. The normalized spacial score (nSPS) is 12.3. The van der Waals surface area contributed by atoms with Gasteiger partial charge in [0.05, 0.1) is 23.0 Å². The van der Waals surface area contributed by atoms with Crippen LogP contribution in [0.1, 0.15) is 41.1 Å². The van der Waals surface area contributed by atoms with E-state index in [1.807, 2.05) is 25.2 Å². The molecule has 1 N–H and O–H groups in total. The first kappa shape index (κ1) is 15.1. The molecule has 110 valence electrons. The third-order valence-corrected chi connectivity index (χ3v) is 3.47. The van der Waals surface area contributed by atoms with Crippen LogP contribution in [0.25, 0.3) is 0 Å². The molecule has 2 rings (SSSR count). The lowest BCUT2D eigenvalue weighted by Gasteiger charge is -2.26. The fourth-order valence-corrected chi connectivity index (χ4v) is 2.42. The van der Waals surface area contributed by atoms with Crippen molar-refractivity contribution in [2.45, 2.75) is 25.9 Å². The summed E-state index contributed by atoms with van der Waals surface area (Å²) in [7, 11) is 1.96. The average molecular weight is 285 g/mol. The van der Waals surface area contributed by atoms with Gasteiger partial charge in [0.25, 0.3) is 0 Å². The molecule has 5 nitrogen and oxygen atoms in total. The number of aromatic nitrogens is 2. The van der Waals surface area contributed by atoms with Crippen LogP contribution >= 0.6 is 0 Å². The summed E-state index contributed by atoms with van der Waals surface area (Å²) in [5.74, 6) is -0.947. The van der Waals surface area contributed by atoms with Crippen LogP contribution in [-0.2, 0) is 6.54 Å². The molecule has 0 radical (unpaired) electrons. The number of rotatable bonds is 6. The van der Waals surface area contributed by atoms with Gasteiger partial charge >= 0.3 is 5.97 Å². The molecule has 0 aliphatic carbocycles. The van der Waals surface area contributed by atoms with Gasteiger partial charge in [0.1, 0.15) is 0 Å². The summed E-state index contributed by atoms with van der Waals surface area (Å²) < 4.78 is 0. The number of carboxylic acid groups (broad SMARTS) is 1. The zero-order valence-electron chi connectivity index (χ0n) is 12.2. The number of carboxylic acids is 1. The molecule has 0 unspecified atom stereocenters. The maximum atomic E-state index is 11.2. The Hall–Kier alpha value is -2.27. The molecule has 0 aliphatic rings. The minimum absolute atomic E-state index is 0.134. The molecule has 1 atom stereocenters. The van der Waals surface area contributed by atoms with Gasteiger partial charge in [0, 0.05) is 18.9 Å². The number of carbonyl (C=O) groups is 1. The van der Waals surface area contributed by atoms with Crippen molar-refractivity contribution in [3.05, 3.63) is 59.7 Å². The molecule has 5 heteroatoms. The Kier molecular flexibility index (Phi) is 5.00. The third kappa shape index (κ3) is 3.64. The molecular formula is C16H19N3O2. The lowest BCUT2D eigenvalue weighted by Crippen LogP contribution is -2.26. The van der Waals surface area contributed by atoms with Gasteiger partial charge in [-0.3, -0.25) is 14.9 Å². The molecule has 0 saturated heterocycles. The summed E-state index contributed by atoms with van der Waals surface area (Å²) in [6, 6.07) is 9.19. The summed E-state index contributed by atoms with van der Waals surface area (Å²) in [6.45, 7) is 2.56. The van der Waals surface area contributed by atoms with Gasteiger partial charge in [-0.2, -0.15) is 0 Å². The molecule has 0 spiro atoms. The Morgan fingerprint density at radius 3 is 2.62 bits per heavy atom. The van der Waals surface area contributed by atoms with Crippen LogP contribution in [0.2, 0.25) is 0 Å². The van der Waals surface area contributed by atoms with E-state index in [2.05, 4.69) is 21.8 Å². The second-order valence-corrected chi connectivity index (χ2v) is 4.90. The van der Waals surface area contributed by atoms with Crippen LogP contribution in [0.3, 0.4) is 0 Å². The minimum Gasteiger partial charge on any atom is -0.478 e. The van der Waals surface area contributed by atoms with E-state index in [4.69, 9.17) is 0 Å². The van der Waals surface area contributed by atoms with Gasteiger partial charge < -0.3 is 5.11 Å². The Balaban J connectivity index is 2.21. The van der Waals surface area contributed by atoms with Gasteiger partial charge in [-0.1, -0.05) is 13.0 Å². The maximum absolute atomic E-state index is 11.2. The summed E-state index contributed by atoms with van der Waals surface area (Å²) >= 11 is 0. The Morgan fingerprint density at radius 1 is 1.24 bits per heavy atom. The molecule has 2 aromatic rings. The standard InChI is InChI=1S/C16H19N3O2/c1-3-15(13-8-4-5-9-17-13)19(2)11-14-12(16(20)21)7-6-10-18-14/h4-10,15H,3,11H2,1-2H3,(H,20,21)/t15-/m0/s1. The van der Waals surface area contributed by atoms with Crippen molar-refractivity contribution in [1.29, 1.82) is 0 Å². The number of pyridine rings is 2. The Labute approximate surface area is 124 Å². The van der Waals surface area contributed by atoms with Crippen LogP contribution in [0.15, 0.2) is 42.7 Å². The molecule has 0 fully saturated rings. The fraction of sp³-hybridized carbons (Fsp3) is 0.312.